The van der Waals surface area contributed by atoms with E-state index in [0.717, 1.165) is 23.7 Å². The average Bonchev–Trinajstić information content (AvgIpc) is 2.53. The van der Waals surface area contributed by atoms with E-state index in [9.17, 15) is 4.79 Å². The van der Waals surface area contributed by atoms with Crippen LogP contribution in [0.2, 0.25) is 0 Å². The van der Waals surface area contributed by atoms with E-state index in [1.54, 1.807) is 12.1 Å². The van der Waals surface area contributed by atoms with Crippen molar-refractivity contribution in [1.29, 1.82) is 5.26 Å². The van der Waals surface area contributed by atoms with Crippen LogP contribution in [0.15, 0.2) is 29.2 Å². The molecule has 1 amide bonds. The maximum atomic E-state index is 12.3. The molecular weight excluding hydrogens is 280 g/mol. The lowest BCUT2D eigenvalue weighted by Crippen LogP contribution is -2.40. The summed E-state index contributed by atoms with van der Waals surface area (Å²) in [4.78, 5) is 15.2. The molecule has 1 aliphatic carbocycles. The van der Waals surface area contributed by atoms with Crippen molar-refractivity contribution in [2.75, 3.05) is 12.8 Å². The Morgan fingerprint density at radius 2 is 1.90 bits per heavy atom. The third-order valence-electron chi connectivity index (χ3n) is 4.27. The van der Waals surface area contributed by atoms with Crippen molar-refractivity contribution < 1.29 is 4.79 Å². The molecule has 0 bridgehead atoms. The molecule has 2 rings (SSSR count). The second kappa shape index (κ2) is 7.51. The Bertz CT molecular complexity index is 513. The highest BCUT2D eigenvalue weighted by Crippen LogP contribution is 2.27. The first-order chi connectivity index (χ1) is 10.1. The van der Waals surface area contributed by atoms with Gasteiger partial charge in [-0.05, 0) is 55.9 Å². The smallest absolute Gasteiger partial charge is 0.232 e. The normalized spacial score (nSPS) is 21.6. The Labute approximate surface area is 131 Å². The van der Waals surface area contributed by atoms with Crippen LogP contribution >= 0.6 is 11.8 Å². The number of hydrogen-bond acceptors (Lipinski definition) is 3. The Morgan fingerprint density at radius 1 is 1.29 bits per heavy atom. The third kappa shape index (κ3) is 4.50. The molecule has 21 heavy (non-hydrogen) atoms. The molecule has 1 saturated carbocycles. The highest BCUT2D eigenvalue weighted by molar-refractivity contribution is 8.00. The van der Waals surface area contributed by atoms with Crippen molar-refractivity contribution in [2.45, 2.75) is 43.5 Å². The number of carbonyl (C=O) groups is 1. The molecule has 0 spiro atoms. The van der Waals surface area contributed by atoms with E-state index in [2.05, 4.69) is 13.0 Å². The third-order valence-corrected chi connectivity index (χ3v) is 5.27. The van der Waals surface area contributed by atoms with Crippen molar-refractivity contribution in [1.82, 2.24) is 4.90 Å². The van der Waals surface area contributed by atoms with Gasteiger partial charge in [-0.15, -0.1) is 11.8 Å². The summed E-state index contributed by atoms with van der Waals surface area (Å²) < 4.78 is 0. The summed E-state index contributed by atoms with van der Waals surface area (Å²) in [6.45, 7) is 2.29. The number of rotatable bonds is 4. The zero-order chi connectivity index (χ0) is 15.2. The maximum Gasteiger partial charge on any atom is 0.232 e. The van der Waals surface area contributed by atoms with Gasteiger partial charge in [0.1, 0.15) is 0 Å². The summed E-state index contributed by atoms with van der Waals surface area (Å²) in [5, 5.41) is 8.76. The number of nitriles is 1. The van der Waals surface area contributed by atoms with Gasteiger partial charge < -0.3 is 4.90 Å². The Kier molecular flexibility index (Phi) is 5.69. The summed E-state index contributed by atoms with van der Waals surface area (Å²) in [5.74, 6) is 1.47. The highest BCUT2D eigenvalue weighted by Gasteiger charge is 2.24. The van der Waals surface area contributed by atoms with Crippen LogP contribution in [0.4, 0.5) is 0 Å². The Morgan fingerprint density at radius 3 is 2.48 bits per heavy atom. The number of amides is 1. The average molecular weight is 302 g/mol. The second-order valence-electron chi connectivity index (χ2n) is 5.84. The molecule has 1 aromatic rings. The summed E-state index contributed by atoms with van der Waals surface area (Å²) >= 11 is 1.54. The van der Waals surface area contributed by atoms with Crippen LogP contribution in [-0.2, 0) is 4.79 Å². The van der Waals surface area contributed by atoms with Crippen LogP contribution < -0.4 is 0 Å². The molecule has 0 radical (unpaired) electrons. The fourth-order valence-corrected chi connectivity index (χ4v) is 3.53. The molecule has 0 atom stereocenters. The summed E-state index contributed by atoms with van der Waals surface area (Å²) in [6.07, 6.45) is 4.71. The van der Waals surface area contributed by atoms with Crippen molar-refractivity contribution in [3.8, 4) is 6.07 Å². The van der Waals surface area contributed by atoms with Gasteiger partial charge in [-0.2, -0.15) is 5.26 Å². The van der Waals surface area contributed by atoms with Gasteiger partial charge in [0.25, 0.3) is 0 Å². The van der Waals surface area contributed by atoms with Gasteiger partial charge in [0, 0.05) is 18.0 Å². The molecule has 0 N–H and O–H groups in total. The van der Waals surface area contributed by atoms with Gasteiger partial charge in [0.05, 0.1) is 17.4 Å². The fraction of sp³-hybridized carbons (Fsp3) is 0.529. The number of benzene rings is 1. The molecule has 1 fully saturated rings. The van der Waals surface area contributed by atoms with Crippen molar-refractivity contribution in [3.63, 3.8) is 0 Å². The van der Waals surface area contributed by atoms with E-state index in [-0.39, 0.29) is 5.91 Å². The minimum atomic E-state index is 0.198. The molecule has 0 heterocycles. The summed E-state index contributed by atoms with van der Waals surface area (Å²) in [6, 6.07) is 9.90. The van der Waals surface area contributed by atoms with Gasteiger partial charge in [0.2, 0.25) is 5.91 Å². The van der Waals surface area contributed by atoms with E-state index in [1.165, 1.54) is 24.6 Å². The van der Waals surface area contributed by atoms with Gasteiger partial charge in [-0.1, -0.05) is 6.92 Å². The van der Waals surface area contributed by atoms with E-state index in [0.29, 0.717) is 17.4 Å². The predicted molar refractivity (Wildman–Crippen MR) is 86.1 cm³/mol. The zero-order valence-corrected chi connectivity index (χ0v) is 13.5. The lowest BCUT2D eigenvalue weighted by atomic mass is 9.87. The molecular formula is C17H22N2OS. The van der Waals surface area contributed by atoms with Crippen LogP contribution in [0.5, 0.6) is 0 Å². The van der Waals surface area contributed by atoms with E-state index >= 15 is 0 Å². The van der Waals surface area contributed by atoms with Crippen LogP contribution in [0, 0.1) is 17.2 Å². The molecule has 3 nitrogen and oxygen atoms in total. The zero-order valence-electron chi connectivity index (χ0n) is 12.7. The lowest BCUT2D eigenvalue weighted by molar-refractivity contribution is -0.129. The number of nitrogens with zero attached hydrogens (tertiary/aromatic N) is 2. The van der Waals surface area contributed by atoms with Gasteiger partial charge >= 0.3 is 0 Å². The van der Waals surface area contributed by atoms with Crippen LogP contribution in [0.3, 0.4) is 0 Å². The maximum absolute atomic E-state index is 12.3. The molecule has 112 valence electrons. The Hall–Kier alpha value is -1.47. The monoisotopic (exact) mass is 302 g/mol. The first kappa shape index (κ1) is 15.9. The highest BCUT2D eigenvalue weighted by atomic mass is 32.2. The first-order valence-corrected chi connectivity index (χ1v) is 8.47. The van der Waals surface area contributed by atoms with E-state index < -0.39 is 0 Å². The molecule has 0 saturated heterocycles. The first-order valence-electron chi connectivity index (χ1n) is 7.48. The molecule has 0 aromatic heterocycles. The lowest BCUT2D eigenvalue weighted by Gasteiger charge is -2.33. The van der Waals surface area contributed by atoms with Crippen LogP contribution in [0.25, 0.3) is 0 Å². The molecule has 1 aliphatic rings. The quantitative estimate of drug-likeness (QED) is 0.797. The summed E-state index contributed by atoms with van der Waals surface area (Å²) in [7, 11) is 1.93. The van der Waals surface area contributed by atoms with Gasteiger partial charge in [-0.25, -0.2) is 0 Å². The van der Waals surface area contributed by atoms with E-state index in [4.69, 9.17) is 5.26 Å². The van der Waals surface area contributed by atoms with Crippen molar-refractivity contribution in [2.24, 2.45) is 5.92 Å². The molecule has 0 aliphatic heterocycles. The second-order valence-corrected chi connectivity index (χ2v) is 6.89. The minimum absolute atomic E-state index is 0.198. The van der Waals surface area contributed by atoms with Gasteiger partial charge in [-0.3, -0.25) is 4.79 Å². The largest absolute Gasteiger partial charge is 0.342 e. The molecule has 1 aromatic carbocycles. The van der Waals surface area contributed by atoms with Crippen LogP contribution in [-0.4, -0.2) is 29.6 Å². The topological polar surface area (TPSA) is 44.1 Å². The number of thioether (sulfide) groups is 1. The number of hydrogen-bond donors (Lipinski definition) is 0. The minimum Gasteiger partial charge on any atom is -0.342 e. The van der Waals surface area contributed by atoms with Crippen molar-refractivity contribution in [3.05, 3.63) is 29.8 Å². The molecule has 4 heteroatoms. The fourth-order valence-electron chi connectivity index (χ4n) is 2.71. The standard InChI is InChI=1S/C17H22N2OS/c1-13-3-7-15(8-4-13)19(2)17(20)12-21-16-9-5-14(11-18)6-10-16/h5-6,9-10,13,15H,3-4,7-8,12H2,1-2H3. The Balaban J connectivity index is 1.82. The molecule has 0 unspecified atom stereocenters. The van der Waals surface area contributed by atoms with E-state index in [1.807, 2.05) is 24.1 Å². The summed E-state index contributed by atoms with van der Waals surface area (Å²) in [5.41, 5.74) is 0.652. The van der Waals surface area contributed by atoms with Gasteiger partial charge in [0.15, 0.2) is 0 Å². The van der Waals surface area contributed by atoms with Crippen LogP contribution in [0.1, 0.15) is 38.2 Å². The van der Waals surface area contributed by atoms with Crippen molar-refractivity contribution >= 4 is 17.7 Å². The SMILES string of the molecule is CC1CCC(N(C)C(=O)CSc2ccc(C#N)cc2)CC1. The predicted octanol–water partition coefficient (Wildman–Crippen LogP) is 3.69. The number of carbonyl (C=O) groups excluding carboxylic acids is 1.